The average molecular weight is 657 g/mol. The summed E-state index contributed by atoms with van der Waals surface area (Å²) in [4.78, 5) is 19.6. The van der Waals surface area contributed by atoms with Crippen LogP contribution in [0.25, 0.3) is 21.3 Å². The summed E-state index contributed by atoms with van der Waals surface area (Å²) < 4.78 is 99.9. The van der Waals surface area contributed by atoms with E-state index in [0.717, 1.165) is 42.7 Å². The van der Waals surface area contributed by atoms with E-state index < -0.39 is 55.5 Å². The molecule has 1 aliphatic rings. The molecule has 0 saturated heterocycles. The van der Waals surface area contributed by atoms with Crippen molar-refractivity contribution in [3.63, 3.8) is 0 Å². The lowest BCUT2D eigenvalue weighted by atomic mass is 9.81. The minimum absolute atomic E-state index is 0.00604. The van der Waals surface area contributed by atoms with Gasteiger partial charge in [-0.15, -0.1) is 11.3 Å². The molecule has 0 spiro atoms. The lowest BCUT2D eigenvalue weighted by Crippen LogP contribution is -2.43. The van der Waals surface area contributed by atoms with Gasteiger partial charge in [0.1, 0.15) is 10.9 Å². The van der Waals surface area contributed by atoms with Crippen molar-refractivity contribution in [2.24, 2.45) is 11.3 Å². The number of sulfonamides is 1. The van der Waals surface area contributed by atoms with E-state index in [1.807, 2.05) is 0 Å². The minimum Gasteiger partial charge on any atom is -0.481 e. The first-order valence-corrected chi connectivity index (χ1v) is 15.3. The van der Waals surface area contributed by atoms with Crippen molar-refractivity contribution in [3.05, 3.63) is 34.3 Å². The van der Waals surface area contributed by atoms with Crippen LogP contribution in [0.2, 0.25) is 5.02 Å². The molecule has 0 bridgehead atoms. The first-order chi connectivity index (χ1) is 19.4. The second-order valence-corrected chi connectivity index (χ2v) is 13.8. The maximum atomic E-state index is 14.4. The molecule has 0 amide bonds. The normalized spacial score (nSPS) is 15.7. The van der Waals surface area contributed by atoms with E-state index >= 15 is 0 Å². The lowest BCUT2D eigenvalue weighted by Gasteiger charge is -2.25. The predicted octanol–water partition coefficient (Wildman–Crippen LogP) is 6.68. The lowest BCUT2D eigenvalue weighted by molar-refractivity contribution is -0.147. The first-order valence-electron chi connectivity index (χ1n) is 12.7. The monoisotopic (exact) mass is 656 g/mol. The fourth-order valence-corrected chi connectivity index (χ4v) is 7.12. The van der Waals surface area contributed by atoms with Crippen LogP contribution in [0.15, 0.2) is 21.6 Å². The molecular formula is C25H26ClF5N4O5S2. The molecular weight excluding hydrogens is 631 g/mol. The number of alkyl halides is 5. The molecule has 0 aliphatic heterocycles. The van der Waals surface area contributed by atoms with Gasteiger partial charge in [0.25, 0.3) is 6.43 Å². The average Bonchev–Trinajstić information content (AvgIpc) is 3.46. The zero-order valence-corrected chi connectivity index (χ0v) is 24.8. The fourth-order valence-electron chi connectivity index (χ4n) is 4.19. The molecule has 1 aromatic carbocycles. The Morgan fingerprint density at radius 2 is 1.90 bits per heavy atom. The van der Waals surface area contributed by atoms with Gasteiger partial charge in [0, 0.05) is 17.5 Å². The third-order valence-electron chi connectivity index (χ3n) is 6.96. The third-order valence-corrected chi connectivity index (χ3v) is 10.2. The molecule has 1 unspecified atom stereocenters. The molecule has 3 aromatic rings. The molecule has 9 nitrogen and oxygen atoms in total. The van der Waals surface area contributed by atoms with E-state index in [1.165, 1.54) is 18.6 Å². The molecule has 2 N–H and O–H groups in total. The Morgan fingerprint density at radius 3 is 2.45 bits per heavy atom. The van der Waals surface area contributed by atoms with Gasteiger partial charge in [-0.25, -0.2) is 22.2 Å². The van der Waals surface area contributed by atoms with Gasteiger partial charge in [-0.1, -0.05) is 42.1 Å². The molecule has 1 fully saturated rings. The summed E-state index contributed by atoms with van der Waals surface area (Å²) in [6.07, 6.45) is -5.09. The Hall–Kier alpha value is -2.69. The molecule has 1 aliphatic carbocycles. The van der Waals surface area contributed by atoms with Gasteiger partial charge < -0.3 is 9.63 Å². The van der Waals surface area contributed by atoms with Crippen molar-refractivity contribution in [1.29, 1.82) is 0 Å². The van der Waals surface area contributed by atoms with Crippen molar-refractivity contribution in [1.82, 2.24) is 19.8 Å². The van der Waals surface area contributed by atoms with Gasteiger partial charge in [0.05, 0.1) is 21.0 Å². The maximum absolute atomic E-state index is 14.4. The summed E-state index contributed by atoms with van der Waals surface area (Å²) >= 11 is 7.10. The van der Waals surface area contributed by atoms with Crippen LogP contribution in [0, 0.1) is 11.3 Å². The Balaban J connectivity index is 1.78. The van der Waals surface area contributed by atoms with Crippen LogP contribution in [0.3, 0.4) is 0 Å². The maximum Gasteiger partial charge on any atom is 0.404 e. The van der Waals surface area contributed by atoms with Gasteiger partial charge in [-0.2, -0.15) is 22.9 Å². The zero-order chi connectivity index (χ0) is 31.2. The summed E-state index contributed by atoms with van der Waals surface area (Å²) in [5.74, 6) is -0.812. The quantitative estimate of drug-likeness (QED) is 0.218. The van der Waals surface area contributed by atoms with Crippen LogP contribution in [0.5, 0.6) is 0 Å². The number of aliphatic carboxylic acids is 1. The number of carbonyl (C=O) groups is 1. The van der Waals surface area contributed by atoms with Gasteiger partial charge in [-0.3, -0.25) is 4.79 Å². The van der Waals surface area contributed by atoms with Crippen LogP contribution >= 0.6 is 22.9 Å². The van der Waals surface area contributed by atoms with Crippen LogP contribution < -0.4 is 4.72 Å². The van der Waals surface area contributed by atoms with Crippen LogP contribution in [0.1, 0.15) is 63.6 Å². The fraction of sp³-hybridized carbons (Fsp3) is 0.520. The third kappa shape index (κ3) is 6.76. The van der Waals surface area contributed by atoms with E-state index in [4.69, 9.17) is 16.1 Å². The number of hydrogen-bond donors (Lipinski definition) is 2. The smallest absolute Gasteiger partial charge is 0.404 e. The Labute approximate surface area is 246 Å². The van der Waals surface area contributed by atoms with Gasteiger partial charge >= 0.3 is 12.1 Å². The molecule has 230 valence electrons. The number of halogens is 6. The number of carboxylic acids is 1. The first kappa shape index (κ1) is 32.2. The number of aromatic nitrogens is 3. The number of carboxylic acid groups (broad SMARTS) is 1. The number of thiazole rings is 1. The Bertz CT molecular complexity index is 1590. The topological polar surface area (TPSA) is 135 Å². The van der Waals surface area contributed by atoms with E-state index in [1.54, 1.807) is 0 Å². The van der Waals surface area contributed by atoms with Crippen LogP contribution in [-0.4, -0.2) is 46.8 Å². The molecule has 1 atom stereocenters. The second-order valence-electron chi connectivity index (χ2n) is 10.7. The number of hydrogen-bond acceptors (Lipinski definition) is 8. The summed E-state index contributed by atoms with van der Waals surface area (Å²) in [5, 5.41) is 12.5. The highest BCUT2D eigenvalue weighted by Crippen LogP contribution is 2.45. The Kier molecular flexibility index (Phi) is 9.03. The van der Waals surface area contributed by atoms with Gasteiger partial charge in [0.15, 0.2) is 5.01 Å². The van der Waals surface area contributed by atoms with Crippen molar-refractivity contribution < 1.29 is 44.8 Å². The number of benzene rings is 1. The zero-order valence-electron chi connectivity index (χ0n) is 22.4. The largest absolute Gasteiger partial charge is 0.481 e. The highest BCUT2D eigenvalue weighted by atomic mass is 35.5. The summed E-state index contributed by atoms with van der Waals surface area (Å²) in [6.45, 7) is 3.54. The molecule has 2 heterocycles. The molecule has 0 radical (unpaired) electrons. The summed E-state index contributed by atoms with van der Waals surface area (Å²) in [5.41, 5.74) is -1.80. The van der Waals surface area contributed by atoms with Crippen molar-refractivity contribution in [2.75, 3.05) is 0 Å². The highest BCUT2D eigenvalue weighted by Gasteiger charge is 2.40. The van der Waals surface area contributed by atoms with Gasteiger partial charge in [-0.05, 0) is 39.2 Å². The van der Waals surface area contributed by atoms with Crippen molar-refractivity contribution >= 4 is 38.9 Å². The van der Waals surface area contributed by atoms with E-state index in [-0.39, 0.29) is 39.5 Å². The molecule has 42 heavy (non-hydrogen) atoms. The van der Waals surface area contributed by atoms with Crippen molar-refractivity contribution in [3.8, 4) is 21.3 Å². The number of rotatable bonds is 11. The summed E-state index contributed by atoms with van der Waals surface area (Å²) in [7, 11) is -4.93. The molecule has 17 heteroatoms. The van der Waals surface area contributed by atoms with E-state index in [0.29, 0.717) is 19.0 Å². The molecule has 2 aromatic heterocycles. The minimum atomic E-state index is -4.93. The van der Waals surface area contributed by atoms with Crippen LogP contribution in [-0.2, 0) is 27.7 Å². The van der Waals surface area contributed by atoms with Gasteiger partial charge in [0.2, 0.25) is 21.7 Å². The second kappa shape index (κ2) is 11.8. The predicted molar refractivity (Wildman–Crippen MR) is 143 cm³/mol. The highest BCUT2D eigenvalue weighted by molar-refractivity contribution is 7.89. The number of nitrogens with zero attached hydrogens (tertiary/aromatic N) is 3. The van der Waals surface area contributed by atoms with E-state index in [2.05, 4.69) is 15.1 Å². The Morgan fingerprint density at radius 1 is 1.24 bits per heavy atom. The van der Waals surface area contributed by atoms with E-state index in [9.17, 15) is 40.3 Å². The number of nitrogens with one attached hydrogen (secondary N) is 1. The molecule has 1 saturated carbocycles. The van der Waals surface area contributed by atoms with Crippen LogP contribution in [0.4, 0.5) is 22.0 Å². The standard InChI is InChI=1S/C25H26ClF5N4O5S2/c1-11(25(29,30)31)35-42(38,39)15-8-7-13(17(18(15)26)20(27)28)19-14(9-12-5-4-6-12)32-22(41-19)21-33-16(40-34-21)10-24(2,3)23(36)37/h7-8,11-12,20,35H,4-6,9-10H2,1-3H3,(H,36,37). The van der Waals surface area contributed by atoms with Crippen molar-refractivity contribution in [2.45, 2.75) is 76.4 Å². The molecule has 4 rings (SSSR count). The SMILES string of the molecule is CC(NS(=O)(=O)c1ccc(-c2sc(-c3noc(CC(C)(C)C(=O)O)n3)nc2CC2CCC2)c(C(F)F)c1Cl)C(F)(F)F. The summed E-state index contributed by atoms with van der Waals surface area (Å²) in [6, 6.07) is -0.548.